The lowest BCUT2D eigenvalue weighted by Gasteiger charge is -2.39. The molecule has 2 aliphatic rings. The van der Waals surface area contributed by atoms with E-state index < -0.39 is 5.41 Å². The zero-order valence-corrected chi connectivity index (χ0v) is 11.5. The molecule has 0 saturated heterocycles. The molecular weight excluding hydrogens is 250 g/mol. The molecule has 2 unspecified atom stereocenters. The number of carbonyl (C=O) groups excluding carboxylic acids is 1. The van der Waals surface area contributed by atoms with Crippen LogP contribution in [0.25, 0.3) is 0 Å². The van der Waals surface area contributed by atoms with E-state index in [1.165, 1.54) is 0 Å². The van der Waals surface area contributed by atoms with Crippen molar-refractivity contribution in [2.75, 3.05) is 6.26 Å². The summed E-state index contributed by atoms with van der Waals surface area (Å²) in [6, 6.07) is 0.233. The van der Waals surface area contributed by atoms with Crippen molar-refractivity contribution in [3.63, 3.8) is 0 Å². The summed E-state index contributed by atoms with van der Waals surface area (Å²) in [5.74, 6) is -0.0000477. The number of amides is 1. The second kappa shape index (κ2) is 5.38. The van der Waals surface area contributed by atoms with Gasteiger partial charge in [-0.3, -0.25) is 4.79 Å². The van der Waals surface area contributed by atoms with Crippen LogP contribution in [-0.4, -0.2) is 34.5 Å². The number of nitrogens with one attached hydrogen (secondary N) is 1. The van der Waals surface area contributed by atoms with E-state index in [4.69, 9.17) is 10.9 Å². The Labute approximate surface area is 112 Å². The van der Waals surface area contributed by atoms with E-state index in [-0.39, 0.29) is 17.8 Å². The van der Waals surface area contributed by atoms with Crippen LogP contribution in [0, 0.1) is 5.41 Å². The van der Waals surface area contributed by atoms with Gasteiger partial charge in [-0.05, 0) is 31.9 Å². The summed E-state index contributed by atoms with van der Waals surface area (Å²) < 4.78 is 0. The predicted molar refractivity (Wildman–Crippen MR) is 72.8 cm³/mol. The summed E-state index contributed by atoms with van der Waals surface area (Å²) >= 11 is 1.81. The third-order valence-electron chi connectivity index (χ3n) is 4.31. The largest absolute Gasteiger partial charge is 0.409 e. The topological polar surface area (TPSA) is 87.7 Å². The minimum Gasteiger partial charge on any atom is -0.409 e. The van der Waals surface area contributed by atoms with Gasteiger partial charge in [0.05, 0.1) is 0 Å². The van der Waals surface area contributed by atoms with Gasteiger partial charge < -0.3 is 16.3 Å². The van der Waals surface area contributed by atoms with Gasteiger partial charge in [0.25, 0.3) is 0 Å². The number of nitrogens with two attached hydrogens (primary N) is 1. The average molecular weight is 271 g/mol. The number of amidine groups is 1. The number of hydrogen-bond donors (Lipinski definition) is 3. The molecule has 18 heavy (non-hydrogen) atoms. The Balaban J connectivity index is 2.03. The molecule has 2 fully saturated rings. The SMILES string of the molecule is CSC1CCCC1NC(=O)C1(C(N)=NO)CCC1. The quantitative estimate of drug-likeness (QED) is 0.311. The Kier molecular flexibility index (Phi) is 4.04. The van der Waals surface area contributed by atoms with Gasteiger partial charge in [0.2, 0.25) is 5.91 Å². The maximum absolute atomic E-state index is 12.4. The van der Waals surface area contributed by atoms with Crippen molar-refractivity contribution >= 4 is 23.5 Å². The summed E-state index contributed by atoms with van der Waals surface area (Å²) in [5.41, 5.74) is 4.94. The summed E-state index contributed by atoms with van der Waals surface area (Å²) in [7, 11) is 0. The molecule has 0 spiro atoms. The maximum atomic E-state index is 12.4. The number of carbonyl (C=O) groups is 1. The van der Waals surface area contributed by atoms with Gasteiger partial charge in [0, 0.05) is 11.3 Å². The lowest BCUT2D eigenvalue weighted by atomic mass is 9.67. The van der Waals surface area contributed by atoms with Gasteiger partial charge in [-0.25, -0.2) is 0 Å². The Morgan fingerprint density at radius 2 is 2.17 bits per heavy atom. The zero-order valence-electron chi connectivity index (χ0n) is 10.7. The van der Waals surface area contributed by atoms with Crippen LogP contribution in [0.4, 0.5) is 0 Å². The third kappa shape index (κ3) is 2.18. The van der Waals surface area contributed by atoms with Crippen LogP contribution < -0.4 is 11.1 Å². The normalized spacial score (nSPS) is 30.8. The van der Waals surface area contributed by atoms with E-state index in [0.717, 1.165) is 25.7 Å². The van der Waals surface area contributed by atoms with Crippen LogP contribution in [-0.2, 0) is 4.79 Å². The van der Waals surface area contributed by atoms with Crippen LogP contribution in [0.3, 0.4) is 0 Å². The summed E-state index contributed by atoms with van der Waals surface area (Å²) in [6.45, 7) is 0. The molecule has 4 N–H and O–H groups in total. The van der Waals surface area contributed by atoms with E-state index in [9.17, 15) is 4.79 Å². The lowest BCUT2D eigenvalue weighted by molar-refractivity contribution is -0.131. The molecule has 0 bridgehead atoms. The van der Waals surface area contributed by atoms with Gasteiger partial charge in [-0.1, -0.05) is 18.0 Å². The Hall–Kier alpha value is -0.910. The molecule has 1 amide bonds. The number of thioether (sulfide) groups is 1. The molecule has 2 atom stereocenters. The van der Waals surface area contributed by atoms with E-state index in [0.29, 0.717) is 18.1 Å². The molecule has 0 heterocycles. The first-order valence-electron chi connectivity index (χ1n) is 6.46. The lowest BCUT2D eigenvalue weighted by Crippen LogP contribution is -2.56. The van der Waals surface area contributed by atoms with Crippen LogP contribution in [0.1, 0.15) is 38.5 Å². The Morgan fingerprint density at radius 1 is 1.44 bits per heavy atom. The van der Waals surface area contributed by atoms with Crippen molar-refractivity contribution < 1.29 is 10.0 Å². The highest BCUT2D eigenvalue weighted by Gasteiger charge is 2.49. The van der Waals surface area contributed by atoms with Crippen molar-refractivity contribution in [1.29, 1.82) is 0 Å². The number of nitrogens with zero attached hydrogens (tertiary/aromatic N) is 1. The highest BCUT2D eigenvalue weighted by Crippen LogP contribution is 2.42. The monoisotopic (exact) mass is 271 g/mol. The van der Waals surface area contributed by atoms with Gasteiger partial charge >= 0.3 is 0 Å². The summed E-state index contributed by atoms with van der Waals surface area (Å²) in [4.78, 5) is 12.4. The van der Waals surface area contributed by atoms with Gasteiger partial charge in [-0.15, -0.1) is 0 Å². The number of oxime groups is 1. The molecule has 2 aliphatic carbocycles. The van der Waals surface area contributed by atoms with E-state index in [2.05, 4.69) is 16.7 Å². The van der Waals surface area contributed by atoms with Gasteiger partial charge in [-0.2, -0.15) is 11.8 Å². The Morgan fingerprint density at radius 3 is 2.67 bits per heavy atom. The number of rotatable bonds is 4. The van der Waals surface area contributed by atoms with Crippen LogP contribution in [0.2, 0.25) is 0 Å². The fraction of sp³-hybridized carbons (Fsp3) is 0.833. The molecule has 0 aliphatic heterocycles. The van der Waals surface area contributed by atoms with E-state index >= 15 is 0 Å². The van der Waals surface area contributed by atoms with E-state index in [1.807, 2.05) is 11.8 Å². The Bertz CT molecular complexity index is 355. The smallest absolute Gasteiger partial charge is 0.234 e. The molecule has 2 rings (SSSR count). The molecule has 102 valence electrons. The summed E-state index contributed by atoms with van der Waals surface area (Å²) in [5, 5.41) is 15.5. The number of hydrogen-bond acceptors (Lipinski definition) is 4. The predicted octanol–water partition coefficient (Wildman–Crippen LogP) is 1.30. The standard InChI is InChI=1S/C12H21N3O2S/c1-18-9-5-2-4-8(9)14-11(16)12(6-3-7-12)10(13)15-17/h8-9,17H,2-7H2,1H3,(H2,13,15)(H,14,16). The fourth-order valence-corrected chi connectivity index (χ4v) is 3.84. The van der Waals surface area contributed by atoms with Crippen molar-refractivity contribution in [1.82, 2.24) is 5.32 Å². The molecule has 0 radical (unpaired) electrons. The van der Waals surface area contributed by atoms with Crippen molar-refractivity contribution in [2.45, 2.75) is 49.8 Å². The van der Waals surface area contributed by atoms with Crippen molar-refractivity contribution in [3.05, 3.63) is 0 Å². The highest BCUT2D eigenvalue weighted by molar-refractivity contribution is 7.99. The molecule has 5 nitrogen and oxygen atoms in total. The summed E-state index contributed by atoms with van der Waals surface area (Å²) in [6.07, 6.45) is 7.76. The van der Waals surface area contributed by atoms with Crippen molar-refractivity contribution in [3.8, 4) is 0 Å². The minimum absolute atomic E-state index is 0.0601. The fourth-order valence-electron chi connectivity index (χ4n) is 2.91. The molecule has 2 saturated carbocycles. The zero-order chi connectivity index (χ0) is 13.2. The first-order valence-corrected chi connectivity index (χ1v) is 7.74. The molecule has 0 aromatic carbocycles. The minimum atomic E-state index is -0.750. The second-order valence-electron chi connectivity index (χ2n) is 5.21. The van der Waals surface area contributed by atoms with Gasteiger partial charge in [0.1, 0.15) is 5.41 Å². The first kappa shape index (κ1) is 13.5. The van der Waals surface area contributed by atoms with Gasteiger partial charge in [0.15, 0.2) is 5.84 Å². The third-order valence-corrected chi connectivity index (χ3v) is 5.48. The van der Waals surface area contributed by atoms with Crippen LogP contribution in [0.15, 0.2) is 5.16 Å². The van der Waals surface area contributed by atoms with Crippen LogP contribution >= 0.6 is 11.8 Å². The van der Waals surface area contributed by atoms with Crippen LogP contribution in [0.5, 0.6) is 0 Å². The molecule has 0 aromatic rings. The molecule has 6 heteroatoms. The first-order chi connectivity index (χ1) is 8.64. The maximum Gasteiger partial charge on any atom is 0.234 e. The average Bonchev–Trinajstić information content (AvgIpc) is 2.74. The van der Waals surface area contributed by atoms with Crippen molar-refractivity contribution in [2.24, 2.45) is 16.3 Å². The highest BCUT2D eigenvalue weighted by atomic mass is 32.2. The molecule has 0 aromatic heterocycles. The molecular formula is C12H21N3O2S. The van der Waals surface area contributed by atoms with E-state index in [1.54, 1.807) is 0 Å². The second-order valence-corrected chi connectivity index (χ2v) is 6.28.